The van der Waals surface area contributed by atoms with Gasteiger partial charge in [0.1, 0.15) is 16.7 Å². The molecule has 7 nitrogen and oxygen atoms in total. The van der Waals surface area contributed by atoms with Crippen molar-refractivity contribution < 1.29 is 9.59 Å². The van der Waals surface area contributed by atoms with Gasteiger partial charge in [-0.1, -0.05) is 33.6 Å². The number of rotatable bonds is 6. The first-order valence-corrected chi connectivity index (χ1v) is 9.38. The first kappa shape index (κ1) is 21.6. The number of carbonyl (C=O) groups excluding carboxylic acids is 2. The molecule has 2 rings (SSSR count). The number of hydrogen-bond donors (Lipinski definition) is 4. The molecule has 0 atom stereocenters. The maximum absolute atomic E-state index is 12.9. The minimum atomic E-state index is -0.564. The van der Waals surface area contributed by atoms with Gasteiger partial charge >= 0.3 is 0 Å². The highest BCUT2D eigenvalue weighted by atomic mass is 79.9. The number of hydrogen-bond acceptors (Lipinski definition) is 5. The molecule has 0 bridgehead atoms. The van der Waals surface area contributed by atoms with E-state index in [0.717, 1.165) is 5.56 Å². The fourth-order valence-electron chi connectivity index (χ4n) is 2.43. The van der Waals surface area contributed by atoms with Crippen LogP contribution in [0.15, 0.2) is 46.7 Å². The highest BCUT2D eigenvalue weighted by Gasteiger charge is 2.19. The van der Waals surface area contributed by atoms with E-state index in [-0.39, 0.29) is 16.8 Å². The summed E-state index contributed by atoms with van der Waals surface area (Å²) in [7, 11) is 1.51. The molecule has 28 heavy (non-hydrogen) atoms. The third kappa shape index (κ3) is 5.40. The van der Waals surface area contributed by atoms with Crippen molar-refractivity contribution in [3.05, 3.63) is 63.4 Å². The molecule has 1 aromatic heterocycles. The number of pyridine rings is 1. The van der Waals surface area contributed by atoms with Crippen molar-refractivity contribution in [1.29, 1.82) is 5.41 Å². The van der Waals surface area contributed by atoms with Crippen molar-refractivity contribution in [2.45, 2.75) is 13.8 Å². The number of nitrogens with zero attached hydrogens (tertiary/aromatic N) is 1. The second kappa shape index (κ2) is 9.48. The van der Waals surface area contributed by atoms with Crippen molar-refractivity contribution in [3.8, 4) is 0 Å². The normalized spacial score (nSPS) is 11.0. The van der Waals surface area contributed by atoms with Gasteiger partial charge in [0.05, 0.1) is 11.3 Å². The van der Waals surface area contributed by atoms with Crippen LogP contribution in [0.1, 0.15) is 21.5 Å². The summed E-state index contributed by atoms with van der Waals surface area (Å²) < 4.78 is 0.710. The van der Waals surface area contributed by atoms with Crippen molar-refractivity contribution >= 4 is 56.0 Å². The lowest BCUT2D eigenvalue weighted by molar-refractivity contribution is -0.112. The average Bonchev–Trinajstić information content (AvgIpc) is 2.63. The largest absolute Gasteiger partial charge is 0.355 e. The van der Waals surface area contributed by atoms with Gasteiger partial charge in [0.2, 0.25) is 0 Å². The quantitative estimate of drug-likeness (QED) is 0.383. The molecule has 0 aliphatic carbocycles. The third-order valence-electron chi connectivity index (χ3n) is 3.79. The second-order valence-corrected chi connectivity index (χ2v) is 7.20. The summed E-state index contributed by atoms with van der Waals surface area (Å²) in [6.07, 6.45) is 2.76. The molecule has 2 aromatic rings. The van der Waals surface area contributed by atoms with Crippen LogP contribution in [0.5, 0.6) is 0 Å². The molecule has 9 heteroatoms. The molecule has 146 valence electrons. The molecule has 0 spiro atoms. The van der Waals surface area contributed by atoms with Gasteiger partial charge in [0, 0.05) is 23.8 Å². The summed E-state index contributed by atoms with van der Waals surface area (Å²) in [5, 5.41) is 15.4. The van der Waals surface area contributed by atoms with E-state index in [1.54, 1.807) is 31.3 Å². The Balaban J connectivity index is 2.41. The second-order valence-electron chi connectivity index (χ2n) is 5.88. The standard InChI is InChI=1S/C19H19BrClN5O2/c1-10-5-4-6-24-17(10)25-14(9-15(21)22)19(28)26-16-11(2)7-12(20)8-13(16)18(27)23-3/h4-9,22H,1-3H3,(H,23,27)(H,24,25)(H,26,28)/b14-9-,22-15?. The van der Waals surface area contributed by atoms with Crippen molar-refractivity contribution in [2.24, 2.45) is 0 Å². The molecule has 0 fully saturated rings. The van der Waals surface area contributed by atoms with Gasteiger partial charge < -0.3 is 16.0 Å². The Morgan fingerprint density at radius 2 is 1.93 bits per heavy atom. The fraction of sp³-hybridized carbons (Fsp3) is 0.158. The van der Waals surface area contributed by atoms with Crippen molar-refractivity contribution in [2.75, 3.05) is 17.7 Å². The van der Waals surface area contributed by atoms with Gasteiger partial charge in [-0.2, -0.15) is 0 Å². The summed E-state index contributed by atoms with van der Waals surface area (Å²) in [6.45, 7) is 3.61. The number of benzene rings is 1. The van der Waals surface area contributed by atoms with E-state index in [9.17, 15) is 9.59 Å². The SMILES string of the molecule is CNC(=O)c1cc(Br)cc(C)c1NC(=O)/C(=C/C(=N)Cl)Nc1ncccc1C. The van der Waals surface area contributed by atoms with Gasteiger partial charge in [0.25, 0.3) is 11.8 Å². The van der Waals surface area contributed by atoms with E-state index >= 15 is 0 Å². The highest BCUT2D eigenvalue weighted by molar-refractivity contribution is 9.10. The van der Waals surface area contributed by atoms with Crippen LogP contribution < -0.4 is 16.0 Å². The Hall–Kier alpha value is -2.71. The van der Waals surface area contributed by atoms with Crippen molar-refractivity contribution in [1.82, 2.24) is 10.3 Å². The van der Waals surface area contributed by atoms with Crippen LogP contribution in [0.3, 0.4) is 0 Å². The van der Waals surface area contributed by atoms with E-state index in [2.05, 4.69) is 36.9 Å². The highest BCUT2D eigenvalue weighted by Crippen LogP contribution is 2.26. The Morgan fingerprint density at radius 3 is 2.54 bits per heavy atom. The van der Waals surface area contributed by atoms with Crippen LogP contribution >= 0.6 is 27.5 Å². The molecule has 2 amide bonds. The smallest absolute Gasteiger partial charge is 0.272 e. The number of aromatic nitrogens is 1. The molecule has 0 aliphatic heterocycles. The lowest BCUT2D eigenvalue weighted by Crippen LogP contribution is -2.25. The Kier molecular flexibility index (Phi) is 7.31. The Bertz CT molecular complexity index is 975. The Labute approximate surface area is 176 Å². The van der Waals surface area contributed by atoms with Crippen LogP contribution in [-0.4, -0.2) is 29.0 Å². The van der Waals surface area contributed by atoms with Crippen molar-refractivity contribution in [3.63, 3.8) is 0 Å². The molecule has 0 saturated carbocycles. The molecule has 0 aliphatic rings. The zero-order chi connectivity index (χ0) is 20.8. The fourth-order valence-corrected chi connectivity index (χ4v) is 3.11. The van der Waals surface area contributed by atoms with Crippen LogP contribution in [0.2, 0.25) is 0 Å². The first-order valence-electron chi connectivity index (χ1n) is 8.21. The summed E-state index contributed by atoms with van der Waals surface area (Å²) in [5.41, 5.74) is 2.19. The number of amides is 2. The lowest BCUT2D eigenvalue weighted by atomic mass is 10.1. The molecule has 0 saturated heterocycles. The summed E-state index contributed by atoms with van der Waals surface area (Å²) in [5.74, 6) is -0.448. The molecule has 4 N–H and O–H groups in total. The van der Waals surface area contributed by atoms with E-state index in [1.807, 2.05) is 13.0 Å². The summed E-state index contributed by atoms with van der Waals surface area (Å²) >= 11 is 9.03. The molecule has 1 aromatic carbocycles. The first-order chi connectivity index (χ1) is 13.2. The van der Waals surface area contributed by atoms with Crippen LogP contribution in [0.4, 0.5) is 11.5 Å². The van der Waals surface area contributed by atoms with Crippen LogP contribution in [0.25, 0.3) is 0 Å². The molecular formula is C19H19BrClN5O2. The summed E-state index contributed by atoms with van der Waals surface area (Å²) in [6, 6.07) is 7.00. The summed E-state index contributed by atoms with van der Waals surface area (Å²) in [4.78, 5) is 29.3. The lowest BCUT2D eigenvalue weighted by Gasteiger charge is -2.16. The van der Waals surface area contributed by atoms with Crippen LogP contribution in [0, 0.1) is 19.3 Å². The minimum absolute atomic E-state index is 0.0203. The van der Waals surface area contributed by atoms with Crippen LogP contribution in [-0.2, 0) is 4.79 Å². The topological polar surface area (TPSA) is 107 Å². The van der Waals surface area contributed by atoms with Gasteiger partial charge in [-0.3, -0.25) is 15.0 Å². The molecule has 0 radical (unpaired) electrons. The number of nitrogens with one attached hydrogen (secondary N) is 4. The minimum Gasteiger partial charge on any atom is -0.355 e. The number of carbonyl (C=O) groups is 2. The third-order valence-corrected chi connectivity index (χ3v) is 4.36. The molecule has 0 unspecified atom stereocenters. The van der Waals surface area contributed by atoms with E-state index in [1.165, 1.54) is 13.1 Å². The monoisotopic (exact) mass is 463 g/mol. The maximum Gasteiger partial charge on any atom is 0.272 e. The number of halogens is 2. The number of aryl methyl sites for hydroxylation is 2. The molecule has 1 heterocycles. The van der Waals surface area contributed by atoms with Gasteiger partial charge in [0.15, 0.2) is 0 Å². The predicted molar refractivity (Wildman–Crippen MR) is 115 cm³/mol. The average molecular weight is 465 g/mol. The number of anilines is 2. The van der Waals surface area contributed by atoms with E-state index in [4.69, 9.17) is 17.0 Å². The Morgan fingerprint density at radius 1 is 1.21 bits per heavy atom. The van der Waals surface area contributed by atoms with Gasteiger partial charge in [-0.15, -0.1) is 0 Å². The van der Waals surface area contributed by atoms with E-state index in [0.29, 0.717) is 27.1 Å². The zero-order valence-electron chi connectivity index (χ0n) is 15.5. The number of allylic oxidation sites excluding steroid dienone is 1. The molecular weight excluding hydrogens is 446 g/mol. The van der Waals surface area contributed by atoms with Gasteiger partial charge in [-0.05, 0) is 43.2 Å². The maximum atomic E-state index is 12.9. The van der Waals surface area contributed by atoms with E-state index < -0.39 is 5.91 Å². The predicted octanol–water partition coefficient (Wildman–Crippen LogP) is 3.97. The zero-order valence-corrected chi connectivity index (χ0v) is 17.8. The van der Waals surface area contributed by atoms with Gasteiger partial charge in [-0.25, -0.2) is 4.98 Å².